The van der Waals surface area contributed by atoms with Crippen LogP contribution in [-0.4, -0.2) is 11.0 Å². The zero-order chi connectivity index (χ0) is 14.9. The van der Waals surface area contributed by atoms with Crippen molar-refractivity contribution in [2.24, 2.45) is 0 Å². The van der Waals surface area contributed by atoms with Gasteiger partial charge in [-0.15, -0.1) is 0 Å². The number of amides is 1. The quantitative estimate of drug-likeness (QED) is 0.882. The van der Waals surface area contributed by atoms with Crippen molar-refractivity contribution in [1.29, 1.82) is 0 Å². The Morgan fingerprint density at radius 1 is 1.05 bits per heavy atom. The van der Waals surface area contributed by atoms with Gasteiger partial charge in [0, 0.05) is 17.8 Å². The summed E-state index contributed by atoms with van der Waals surface area (Å²) >= 11 is 0. The molecule has 2 rings (SSSR count). The van der Waals surface area contributed by atoms with Crippen LogP contribution in [0.25, 0.3) is 0 Å². The molecule has 0 bridgehead atoms. The van der Waals surface area contributed by atoms with E-state index in [0.29, 0.717) is 17.3 Å². The maximum absolute atomic E-state index is 13.6. The predicted octanol–water partition coefficient (Wildman–Crippen LogP) is 3.54. The van der Waals surface area contributed by atoms with E-state index in [0.717, 1.165) is 6.07 Å². The van der Waals surface area contributed by atoms with Gasteiger partial charge in [-0.3, -0.25) is 4.79 Å². The van der Waals surface area contributed by atoms with Gasteiger partial charge in [-0.1, -0.05) is 6.07 Å². The fourth-order valence-electron chi connectivity index (χ4n) is 1.72. The SMILES string of the molecule is Cc1ccc(NC(=O)c2cc(C)c(F)cc2F)cc1O. The van der Waals surface area contributed by atoms with Gasteiger partial charge in [0.25, 0.3) is 5.91 Å². The molecule has 0 saturated heterocycles. The van der Waals surface area contributed by atoms with Crippen molar-refractivity contribution in [3.63, 3.8) is 0 Å². The zero-order valence-corrected chi connectivity index (χ0v) is 11.0. The van der Waals surface area contributed by atoms with Crippen molar-refractivity contribution < 1.29 is 18.7 Å². The summed E-state index contributed by atoms with van der Waals surface area (Å²) in [5.74, 6) is -2.30. The molecule has 2 N–H and O–H groups in total. The van der Waals surface area contributed by atoms with Crippen LogP contribution in [0, 0.1) is 25.5 Å². The second-order valence-corrected chi connectivity index (χ2v) is 4.54. The molecule has 0 fully saturated rings. The van der Waals surface area contributed by atoms with E-state index in [1.54, 1.807) is 19.1 Å². The average Bonchev–Trinajstić information content (AvgIpc) is 2.38. The van der Waals surface area contributed by atoms with Crippen LogP contribution >= 0.6 is 0 Å². The lowest BCUT2D eigenvalue weighted by Gasteiger charge is -2.08. The first-order valence-electron chi connectivity index (χ1n) is 5.95. The van der Waals surface area contributed by atoms with E-state index in [1.165, 1.54) is 13.0 Å². The van der Waals surface area contributed by atoms with Crippen molar-refractivity contribution >= 4 is 11.6 Å². The summed E-state index contributed by atoms with van der Waals surface area (Å²) in [7, 11) is 0. The van der Waals surface area contributed by atoms with E-state index < -0.39 is 17.5 Å². The van der Waals surface area contributed by atoms with Crippen LogP contribution in [0.15, 0.2) is 30.3 Å². The molecule has 1 amide bonds. The first kappa shape index (κ1) is 14.0. The third-order valence-electron chi connectivity index (χ3n) is 2.96. The normalized spacial score (nSPS) is 10.4. The minimum atomic E-state index is -0.929. The number of phenols is 1. The number of hydrogen-bond acceptors (Lipinski definition) is 2. The summed E-state index contributed by atoms with van der Waals surface area (Å²) < 4.78 is 26.7. The smallest absolute Gasteiger partial charge is 0.258 e. The molecule has 3 nitrogen and oxygen atoms in total. The summed E-state index contributed by atoms with van der Waals surface area (Å²) in [4.78, 5) is 11.9. The molecule has 0 aliphatic carbocycles. The fraction of sp³-hybridized carbons (Fsp3) is 0.133. The van der Waals surface area contributed by atoms with Crippen molar-refractivity contribution in [2.45, 2.75) is 13.8 Å². The van der Waals surface area contributed by atoms with Gasteiger partial charge in [0.15, 0.2) is 0 Å². The number of aromatic hydroxyl groups is 1. The minimum absolute atomic E-state index is 0.0264. The van der Waals surface area contributed by atoms with Crippen LogP contribution in [0.4, 0.5) is 14.5 Å². The molecule has 0 aromatic heterocycles. The molecule has 0 spiro atoms. The Balaban J connectivity index is 2.28. The zero-order valence-electron chi connectivity index (χ0n) is 11.0. The van der Waals surface area contributed by atoms with Gasteiger partial charge in [0.1, 0.15) is 17.4 Å². The molecule has 2 aromatic rings. The Hall–Kier alpha value is -2.43. The van der Waals surface area contributed by atoms with Crippen molar-refractivity contribution in [1.82, 2.24) is 0 Å². The Kier molecular flexibility index (Phi) is 3.70. The number of carbonyl (C=O) groups is 1. The molecule has 0 saturated carbocycles. The molecular weight excluding hydrogens is 264 g/mol. The lowest BCUT2D eigenvalue weighted by molar-refractivity contribution is 0.102. The summed E-state index contributed by atoms with van der Waals surface area (Å²) in [6.45, 7) is 3.16. The number of benzene rings is 2. The molecular formula is C15H13F2NO2. The van der Waals surface area contributed by atoms with E-state index in [4.69, 9.17) is 0 Å². The Labute approximate surface area is 114 Å². The molecule has 0 heterocycles. The third kappa shape index (κ3) is 2.77. The van der Waals surface area contributed by atoms with Gasteiger partial charge >= 0.3 is 0 Å². The Morgan fingerprint density at radius 3 is 2.40 bits per heavy atom. The Bertz CT molecular complexity index is 684. The second kappa shape index (κ2) is 5.28. The van der Waals surface area contributed by atoms with Gasteiger partial charge in [0.2, 0.25) is 0 Å². The van der Waals surface area contributed by atoms with Gasteiger partial charge in [-0.25, -0.2) is 8.78 Å². The highest BCUT2D eigenvalue weighted by atomic mass is 19.1. The first-order chi connectivity index (χ1) is 9.38. The molecule has 0 unspecified atom stereocenters. The molecule has 2 aromatic carbocycles. The topological polar surface area (TPSA) is 49.3 Å². The summed E-state index contributed by atoms with van der Waals surface area (Å²) in [6.07, 6.45) is 0. The molecule has 104 valence electrons. The minimum Gasteiger partial charge on any atom is -0.508 e. The van der Waals surface area contributed by atoms with E-state index in [-0.39, 0.29) is 16.9 Å². The van der Waals surface area contributed by atoms with Crippen LogP contribution in [-0.2, 0) is 0 Å². The lowest BCUT2D eigenvalue weighted by atomic mass is 10.1. The number of halogens is 2. The van der Waals surface area contributed by atoms with Crippen LogP contribution in [0.5, 0.6) is 5.75 Å². The molecule has 0 radical (unpaired) electrons. The van der Waals surface area contributed by atoms with Gasteiger partial charge in [-0.2, -0.15) is 0 Å². The first-order valence-corrected chi connectivity index (χ1v) is 5.95. The highest BCUT2D eigenvalue weighted by Crippen LogP contribution is 2.22. The van der Waals surface area contributed by atoms with Crippen LogP contribution in [0.3, 0.4) is 0 Å². The van der Waals surface area contributed by atoms with Crippen LogP contribution < -0.4 is 5.32 Å². The van der Waals surface area contributed by atoms with E-state index in [2.05, 4.69) is 5.32 Å². The molecule has 0 aliphatic rings. The second-order valence-electron chi connectivity index (χ2n) is 4.54. The predicted molar refractivity (Wildman–Crippen MR) is 71.9 cm³/mol. The highest BCUT2D eigenvalue weighted by Gasteiger charge is 2.15. The van der Waals surface area contributed by atoms with E-state index in [9.17, 15) is 18.7 Å². The van der Waals surface area contributed by atoms with Crippen molar-refractivity contribution in [3.05, 3.63) is 58.7 Å². The van der Waals surface area contributed by atoms with Crippen molar-refractivity contribution in [3.8, 4) is 5.75 Å². The summed E-state index contributed by atoms with van der Waals surface area (Å²) in [5, 5.41) is 12.0. The van der Waals surface area contributed by atoms with E-state index in [1.807, 2.05) is 0 Å². The maximum Gasteiger partial charge on any atom is 0.258 e. The fourth-order valence-corrected chi connectivity index (χ4v) is 1.72. The number of hydrogen-bond donors (Lipinski definition) is 2. The summed E-state index contributed by atoms with van der Waals surface area (Å²) in [5.41, 5.74) is 0.929. The van der Waals surface area contributed by atoms with Crippen LogP contribution in [0.2, 0.25) is 0 Å². The highest BCUT2D eigenvalue weighted by molar-refractivity contribution is 6.04. The van der Waals surface area contributed by atoms with Gasteiger partial charge < -0.3 is 10.4 Å². The number of aryl methyl sites for hydroxylation is 2. The monoisotopic (exact) mass is 277 g/mol. The number of carbonyl (C=O) groups excluding carboxylic acids is 1. The average molecular weight is 277 g/mol. The molecule has 0 aliphatic heterocycles. The number of rotatable bonds is 2. The number of anilines is 1. The maximum atomic E-state index is 13.6. The van der Waals surface area contributed by atoms with Gasteiger partial charge in [0.05, 0.1) is 5.56 Å². The largest absolute Gasteiger partial charge is 0.508 e. The molecule has 20 heavy (non-hydrogen) atoms. The molecule has 0 atom stereocenters. The number of nitrogens with one attached hydrogen (secondary N) is 1. The van der Waals surface area contributed by atoms with Crippen molar-refractivity contribution in [2.75, 3.05) is 5.32 Å². The van der Waals surface area contributed by atoms with Gasteiger partial charge in [-0.05, 0) is 37.1 Å². The molecule has 5 heteroatoms. The Morgan fingerprint density at radius 2 is 1.75 bits per heavy atom. The number of phenolic OH excluding ortho intramolecular Hbond substituents is 1. The standard InChI is InChI=1S/C15H13F2NO2/c1-8-3-4-10(6-14(8)19)18-15(20)11-5-9(2)12(16)7-13(11)17/h3-7,19H,1-2H3,(H,18,20). The van der Waals surface area contributed by atoms with E-state index >= 15 is 0 Å². The third-order valence-corrected chi connectivity index (χ3v) is 2.96. The summed E-state index contributed by atoms with van der Waals surface area (Å²) in [6, 6.07) is 6.39. The van der Waals surface area contributed by atoms with Crippen LogP contribution in [0.1, 0.15) is 21.5 Å². The lowest BCUT2D eigenvalue weighted by Crippen LogP contribution is -2.14.